The molecule has 0 atom stereocenters. The van der Waals surface area contributed by atoms with Crippen LogP contribution in [0.4, 0.5) is 5.82 Å². The van der Waals surface area contributed by atoms with Gasteiger partial charge in [-0.15, -0.1) is 10.2 Å². The van der Waals surface area contributed by atoms with Crippen molar-refractivity contribution < 1.29 is 5.11 Å². The molecule has 3 aromatic rings. The molecule has 0 aliphatic heterocycles. The lowest BCUT2D eigenvalue weighted by Gasteiger charge is -2.09. The van der Waals surface area contributed by atoms with E-state index in [0.29, 0.717) is 17.7 Å². The van der Waals surface area contributed by atoms with Gasteiger partial charge >= 0.3 is 0 Å². The molecule has 0 aliphatic carbocycles. The van der Waals surface area contributed by atoms with Crippen molar-refractivity contribution in [1.29, 1.82) is 0 Å². The number of anilines is 1. The van der Waals surface area contributed by atoms with Gasteiger partial charge in [-0.2, -0.15) is 0 Å². The lowest BCUT2D eigenvalue weighted by Crippen LogP contribution is -2.08. The van der Waals surface area contributed by atoms with Crippen LogP contribution in [0, 0.1) is 0 Å². The van der Waals surface area contributed by atoms with Gasteiger partial charge < -0.3 is 15.4 Å². The van der Waals surface area contributed by atoms with E-state index in [4.69, 9.17) is 11.6 Å². The number of aromatic hydroxyl groups is 1. The SMILES string of the molecule is Oc1cccc2c(NCCc3cnc[nH]3)nnc(Cl)c12. The van der Waals surface area contributed by atoms with E-state index in [1.807, 2.05) is 6.07 Å². The maximum Gasteiger partial charge on any atom is 0.163 e. The molecule has 0 unspecified atom stereocenters. The lowest BCUT2D eigenvalue weighted by molar-refractivity contribution is 0.481. The first-order valence-electron chi connectivity index (χ1n) is 6.10. The summed E-state index contributed by atoms with van der Waals surface area (Å²) >= 11 is 5.97. The molecule has 0 spiro atoms. The molecule has 20 heavy (non-hydrogen) atoms. The van der Waals surface area contributed by atoms with Crippen molar-refractivity contribution >= 4 is 28.2 Å². The monoisotopic (exact) mass is 289 g/mol. The Balaban J connectivity index is 1.85. The third kappa shape index (κ3) is 2.37. The Morgan fingerprint density at radius 2 is 2.20 bits per heavy atom. The van der Waals surface area contributed by atoms with Gasteiger partial charge in [0.1, 0.15) is 5.75 Å². The zero-order valence-electron chi connectivity index (χ0n) is 10.5. The number of hydrogen-bond acceptors (Lipinski definition) is 5. The van der Waals surface area contributed by atoms with E-state index in [0.717, 1.165) is 17.5 Å². The number of H-pyrrole nitrogens is 1. The molecule has 3 N–H and O–H groups in total. The molecule has 7 heteroatoms. The summed E-state index contributed by atoms with van der Waals surface area (Å²) in [7, 11) is 0. The summed E-state index contributed by atoms with van der Waals surface area (Å²) in [4.78, 5) is 6.99. The molecule has 2 aromatic heterocycles. The van der Waals surface area contributed by atoms with Crippen LogP contribution in [0.15, 0.2) is 30.7 Å². The molecule has 0 aliphatic rings. The van der Waals surface area contributed by atoms with Crippen molar-refractivity contribution in [3.05, 3.63) is 41.6 Å². The molecule has 0 radical (unpaired) electrons. The van der Waals surface area contributed by atoms with E-state index in [1.54, 1.807) is 24.7 Å². The predicted octanol–water partition coefficient (Wildman–Crippen LogP) is 2.37. The van der Waals surface area contributed by atoms with E-state index in [9.17, 15) is 5.11 Å². The number of aromatic amines is 1. The van der Waals surface area contributed by atoms with Gasteiger partial charge in [-0.3, -0.25) is 0 Å². The number of rotatable bonds is 4. The van der Waals surface area contributed by atoms with Gasteiger partial charge in [0, 0.05) is 30.2 Å². The van der Waals surface area contributed by atoms with Gasteiger partial charge in [0.05, 0.1) is 11.7 Å². The molecule has 0 bridgehead atoms. The number of phenolic OH excluding ortho intramolecular Hbond substituents is 1. The summed E-state index contributed by atoms with van der Waals surface area (Å²) in [6.07, 6.45) is 4.20. The predicted molar refractivity (Wildman–Crippen MR) is 77.0 cm³/mol. The highest BCUT2D eigenvalue weighted by atomic mass is 35.5. The number of imidazole rings is 1. The van der Waals surface area contributed by atoms with Crippen LogP contribution in [-0.2, 0) is 6.42 Å². The molecule has 6 nitrogen and oxygen atoms in total. The van der Waals surface area contributed by atoms with E-state index in [2.05, 4.69) is 25.5 Å². The molecular weight excluding hydrogens is 278 g/mol. The first-order valence-corrected chi connectivity index (χ1v) is 6.48. The van der Waals surface area contributed by atoms with Gasteiger partial charge in [0.2, 0.25) is 0 Å². The Morgan fingerprint density at radius 1 is 1.30 bits per heavy atom. The van der Waals surface area contributed by atoms with E-state index in [1.165, 1.54) is 0 Å². The van der Waals surface area contributed by atoms with Crippen LogP contribution < -0.4 is 5.32 Å². The maximum atomic E-state index is 9.86. The van der Waals surface area contributed by atoms with Crippen molar-refractivity contribution in [2.24, 2.45) is 0 Å². The second-order valence-corrected chi connectivity index (χ2v) is 4.65. The van der Waals surface area contributed by atoms with Crippen LogP contribution in [0.3, 0.4) is 0 Å². The fraction of sp³-hybridized carbons (Fsp3) is 0.154. The number of nitrogens with zero attached hydrogens (tertiary/aromatic N) is 3. The molecule has 0 saturated carbocycles. The topological polar surface area (TPSA) is 86.7 Å². The fourth-order valence-corrected chi connectivity index (χ4v) is 2.26. The highest BCUT2D eigenvalue weighted by molar-refractivity contribution is 6.35. The maximum absolute atomic E-state index is 9.86. The molecule has 102 valence electrons. The zero-order chi connectivity index (χ0) is 13.9. The van der Waals surface area contributed by atoms with Crippen molar-refractivity contribution in [1.82, 2.24) is 20.2 Å². The highest BCUT2D eigenvalue weighted by Gasteiger charge is 2.11. The zero-order valence-corrected chi connectivity index (χ0v) is 11.2. The van der Waals surface area contributed by atoms with Gasteiger partial charge in [-0.05, 0) is 6.07 Å². The molecule has 2 heterocycles. The minimum atomic E-state index is 0.0963. The second kappa shape index (κ2) is 5.34. The number of nitrogens with one attached hydrogen (secondary N) is 2. The lowest BCUT2D eigenvalue weighted by atomic mass is 10.1. The number of phenols is 1. The van der Waals surface area contributed by atoms with Crippen molar-refractivity contribution in [2.75, 3.05) is 11.9 Å². The van der Waals surface area contributed by atoms with E-state index in [-0.39, 0.29) is 10.9 Å². The number of benzene rings is 1. The first-order chi connectivity index (χ1) is 9.75. The summed E-state index contributed by atoms with van der Waals surface area (Å²) in [6, 6.07) is 5.16. The number of fused-ring (bicyclic) bond motifs is 1. The average Bonchev–Trinajstić information content (AvgIpc) is 2.95. The normalized spacial score (nSPS) is 10.8. The third-order valence-corrected chi connectivity index (χ3v) is 3.25. The molecule has 0 fully saturated rings. The minimum absolute atomic E-state index is 0.0963. The summed E-state index contributed by atoms with van der Waals surface area (Å²) < 4.78 is 0. The Morgan fingerprint density at radius 3 is 3.00 bits per heavy atom. The third-order valence-electron chi connectivity index (χ3n) is 2.98. The van der Waals surface area contributed by atoms with Crippen LogP contribution in [0.5, 0.6) is 5.75 Å². The van der Waals surface area contributed by atoms with Crippen LogP contribution >= 0.6 is 11.6 Å². The van der Waals surface area contributed by atoms with Crippen LogP contribution in [-0.4, -0.2) is 31.8 Å². The minimum Gasteiger partial charge on any atom is -0.507 e. The van der Waals surface area contributed by atoms with Gasteiger partial charge in [-0.25, -0.2) is 4.98 Å². The highest BCUT2D eigenvalue weighted by Crippen LogP contribution is 2.32. The van der Waals surface area contributed by atoms with Crippen molar-refractivity contribution in [3.63, 3.8) is 0 Å². The average molecular weight is 290 g/mol. The number of hydrogen-bond donors (Lipinski definition) is 3. The molecule has 1 aromatic carbocycles. The molecular formula is C13H12ClN5O. The van der Waals surface area contributed by atoms with Crippen LogP contribution in [0.25, 0.3) is 10.8 Å². The second-order valence-electron chi connectivity index (χ2n) is 4.29. The summed E-state index contributed by atoms with van der Waals surface area (Å²) in [5, 5.41) is 22.4. The number of halogens is 1. The largest absolute Gasteiger partial charge is 0.507 e. The summed E-state index contributed by atoms with van der Waals surface area (Å²) in [6.45, 7) is 0.670. The number of aromatic nitrogens is 4. The summed E-state index contributed by atoms with van der Waals surface area (Å²) in [5.74, 6) is 0.693. The molecule has 3 rings (SSSR count). The Bertz CT molecular complexity index is 721. The van der Waals surface area contributed by atoms with E-state index >= 15 is 0 Å². The standard InChI is InChI=1S/C13H12ClN5O/c14-12-11-9(2-1-3-10(11)20)13(19-18-12)16-5-4-8-6-15-7-17-8/h1-3,6-7,20H,4-5H2,(H,15,17)(H,16,19). The summed E-state index contributed by atoms with van der Waals surface area (Å²) in [5.41, 5.74) is 1.03. The van der Waals surface area contributed by atoms with Crippen molar-refractivity contribution in [2.45, 2.75) is 6.42 Å². The smallest absolute Gasteiger partial charge is 0.163 e. The van der Waals surface area contributed by atoms with E-state index < -0.39 is 0 Å². The van der Waals surface area contributed by atoms with Crippen molar-refractivity contribution in [3.8, 4) is 5.75 Å². The van der Waals surface area contributed by atoms with Crippen LogP contribution in [0.2, 0.25) is 5.15 Å². The molecule has 0 saturated heterocycles. The Hall–Kier alpha value is -2.34. The fourth-order valence-electron chi connectivity index (χ4n) is 2.02. The first kappa shape index (κ1) is 12.7. The van der Waals surface area contributed by atoms with Gasteiger partial charge in [0.15, 0.2) is 11.0 Å². The van der Waals surface area contributed by atoms with Gasteiger partial charge in [-0.1, -0.05) is 23.7 Å². The van der Waals surface area contributed by atoms with Crippen LogP contribution in [0.1, 0.15) is 5.69 Å². The molecule has 0 amide bonds. The Kier molecular flexibility index (Phi) is 3.39. The quantitative estimate of drug-likeness (QED) is 0.686. The van der Waals surface area contributed by atoms with Gasteiger partial charge in [0.25, 0.3) is 0 Å². The Labute approximate surface area is 119 Å².